The zero-order chi connectivity index (χ0) is 9.19. The first-order chi connectivity index (χ1) is 5.58. The molecular formula is C10H22N2. The van der Waals surface area contributed by atoms with E-state index in [0.29, 0.717) is 5.92 Å². The number of rotatable bonds is 1. The summed E-state index contributed by atoms with van der Waals surface area (Å²) in [6.07, 6.45) is 2.47. The van der Waals surface area contributed by atoms with Gasteiger partial charge in [-0.2, -0.15) is 0 Å². The molecule has 1 aliphatic rings. The highest BCUT2D eigenvalue weighted by Gasteiger charge is 2.34. The maximum atomic E-state index is 6.26. The molecule has 0 bridgehead atoms. The molecule has 0 spiro atoms. The van der Waals surface area contributed by atoms with Gasteiger partial charge in [-0.3, -0.25) is 0 Å². The van der Waals surface area contributed by atoms with E-state index < -0.39 is 0 Å². The van der Waals surface area contributed by atoms with Crippen molar-refractivity contribution in [3.05, 3.63) is 0 Å². The largest absolute Gasteiger partial charge is 0.324 e. The second-order valence-electron chi connectivity index (χ2n) is 4.46. The van der Waals surface area contributed by atoms with Crippen molar-refractivity contribution in [1.82, 2.24) is 5.32 Å². The van der Waals surface area contributed by atoms with E-state index in [0.717, 1.165) is 19.0 Å². The van der Waals surface area contributed by atoms with Crippen LogP contribution in [0, 0.1) is 11.8 Å². The number of hydrogen-bond donors (Lipinski definition) is 2. The lowest BCUT2D eigenvalue weighted by Crippen LogP contribution is -2.51. The van der Waals surface area contributed by atoms with Crippen LogP contribution < -0.4 is 11.1 Å². The standard InChI is InChI=1S/C10H22N2/c1-4-9-8(2)5-6-12-7-10(9,3)11/h8-9,12H,4-7,11H2,1-3H3/t8?,9?,10-/m1/s1. The Kier molecular flexibility index (Phi) is 3.13. The summed E-state index contributed by atoms with van der Waals surface area (Å²) in [7, 11) is 0. The smallest absolute Gasteiger partial charge is 0.0283 e. The minimum absolute atomic E-state index is 0.00926. The molecule has 2 nitrogen and oxygen atoms in total. The normalized spacial score (nSPS) is 44.0. The van der Waals surface area contributed by atoms with Gasteiger partial charge in [0.15, 0.2) is 0 Å². The molecule has 12 heavy (non-hydrogen) atoms. The first-order valence-electron chi connectivity index (χ1n) is 5.07. The summed E-state index contributed by atoms with van der Waals surface area (Å²) in [5, 5.41) is 3.41. The molecule has 0 aromatic carbocycles. The van der Waals surface area contributed by atoms with Crippen molar-refractivity contribution in [3.8, 4) is 0 Å². The highest BCUT2D eigenvalue weighted by atomic mass is 14.9. The summed E-state index contributed by atoms with van der Waals surface area (Å²) in [6.45, 7) is 8.85. The molecule has 3 atom stereocenters. The molecule has 0 saturated carbocycles. The molecule has 2 heteroatoms. The van der Waals surface area contributed by atoms with Gasteiger partial charge in [0.05, 0.1) is 0 Å². The lowest BCUT2D eigenvalue weighted by atomic mass is 9.76. The van der Waals surface area contributed by atoms with Crippen molar-refractivity contribution in [2.75, 3.05) is 13.1 Å². The molecule has 2 unspecified atom stereocenters. The van der Waals surface area contributed by atoms with E-state index in [9.17, 15) is 0 Å². The van der Waals surface area contributed by atoms with Crippen LogP contribution in [-0.2, 0) is 0 Å². The maximum absolute atomic E-state index is 6.26. The van der Waals surface area contributed by atoms with E-state index in [4.69, 9.17) is 5.73 Å². The van der Waals surface area contributed by atoms with E-state index in [-0.39, 0.29) is 5.54 Å². The molecule has 72 valence electrons. The Morgan fingerprint density at radius 2 is 2.25 bits per heavy atom. The molecular weight excluding hydrogens is 148 g/mol. The van der Waals surface area contributed by atoms with Crippen molar-refractivity contribution in [2.45, 2.75) is 39.2 Å². The summed E-state index contributed by atoms with van der Waals surface area (Å²) >= 11 is 0. The van der Waals surface area contributed by atoms with Crippen LogP contribution in [-0.4, -0.2) is 18.6 Å². The van der Waals surface area contributed by atoms with Gasteiger partial charge in [0.25, 0.3) is 0 Å². The first-order valence-corrected chi connectivity index (χ1v) is 5.07. The van der Waals surface area contributed by atoms with E-state index in [2.05, 4.69) is 26.1 Å². The fraction of sp³-hybridized carbons (Fsp3) is 1.00. The van der Waals surface area contributed by atoms with Crippen LogP contribution in [0.1, 0.15) is 33.6 Å². The van der Waals surface area contributed by atoms with E-state index in [1.165, 1.54) is 12.8 Å². The quantitative estimate of drug-likeness (QED) is 0.623. The SMILES string of the molecule is CCC1C(C)CCNC[C@@]1(C)N. The Morgan fingerprint density at radius 3 is 2.83 bits per heavy atom. The lowest BCUT2D eigenvalue weighted by molar-refractivity contribution is 0.221. The minimum atomic E-state index is -0.00926. The molecule has 1 heterocycles. The number of nitrogens with one attached hydrogen (secondary N) is 1. The van der Waals surface area contributed by atoms with Gasteiger partial charge in [-0.15, -0.1) is 0 Å². The van der Waals surface area contributed by atoms with Crippen LogP contribution in [0.15, 0.2) is 0 Å². The molecule has 3 N–H and O–H groups in total. The highest BCUT2D eigenvalue weighted by molar-refractivity contribution is 4.93. The zero-order valence-corrected chi connectivity index (χ0v) is 8.56. The average Bonchev–Trinajstić information content (AvgIpc) is 2.09. The summed E-state index contributed by atoms with van der Waals surface area (Å²) < 4.78 is 0. The van der Waals surface area contributed by atoms with Crippen molar-refractivity contribution in [2.24, 2.45) is 17.6 Å². The molecule has 1 fully saturated rings. The number of hydrogen-bond acceptors (Lipinski definition) is 2. The van der Waals surface area contributed by atoms with Crippen LogP contribution in [0.5, 0.6) is 0 Å². The fourth-order valence-electron chi connectivity index (χ4n) is 2.54. The maximum Gasteiger partial charge on any atom is 0.0283 e. The third-order valence-electron chi connectivity index (χ3n) is 3.26. The molecule has 0 aromatic rings. The van der Waals surface area contributed by atoms with Crippen molar-refractivity contribution < 1.29 is 0 Å². The Morgan fingerprint density at radius 1 is 1.58 bits per heavy atom. The van der Waals surface area contributed by atoms with Gasteiger partial charge in [0.2, 0.25) is 0 Å². The first kappa shape index (κ1) is 10.0. The monoisotopic (exact) mass is 170 g/mol. The summed E-state index contributed by atoms with van der Waals surface area (Å²) in [6, 6.07) is 0. The Bertz CT molecular complexity index is 143. The summed E-state index contributed by atoms with van der Waals surface area (Å²) in [5.74, 6) is 1.44. The summed E-state index contributed by atoms with van der Waals surface area (Å²) in [4.78, 5) is 0. The highest BCUT2D eigenvalue weighted by Crippen LogP contribution is 2.29. The minimum Gasteiger partial charge on any atom is -0.324 e. The summed E-state index contributed by atoms with van der Waals surface area (Å²) in [5.41, 5.74) is 6.25. The van der Waals surface area contributed by atoms with Crippen molar-refractivity contribution >= 4 is 0 Å². The van der Waals surface area contributed by atoms with Crippen LogP contribution >= 0.6 is 0 Å². The molecule has 1 rings (SSSR count). The van der Waals surface area contributed by atoms with Crippen LogP contribution in [0.4, 0.5) is 0 Å². The Hall–Kier alpha value is -0.0800. The number of nitrogens with two attached hydrogens (primary N) is 1. The zero-order valence-electron chi connectivity index (χ0n) is 8.56. The van der Waals surface area contributed by atoms with Crippen LogP contribution in [0.25, 0.3) is 0 Å². The molecule has 1 aliphatic heterocycles. The molecule has 0 aromatic heterocycles. The van der Waals surface area contributed by atoms with Gasteiger partial charge in [-0.25, -0.2) is 0 Å². The van der Waals surface area contributed by atoms with E-state index >= 15 is 0 Å². The van der Waals surface area contributed by atoms with Gasteiger partial charge in [-0.1, -0.05) is 20.3 Å². The second-order valence-corrected chi connectivity index (χ2v) is 4.46. The Balaban J connectivity index is 2.70. The third kappa shape index (κ3) is 1.99. The Labute approximate surface area is 75.9 Å². The fourth-order valence-corrected chi connectivity index (χ4v) is 2.54. The molecule has 1 saturated heterocycles. The molecule has 0 amide bonds. The lowest BCUT2D eigenvalue weighted by Gasteiger charge is -2.35. The van der Waals surface area contributed by atoms with Crippen molar-refractivity contribution in [3.63, 3.8) is 0 Å². The van der Waals surface area contributed by atoms with Crippen LogP contribution in [0.2, 0.25) is 0 Å². The van der Waals surface area contributed by atoms with Gasteiger partial charge in [0.1, 0.15) is 0 Å². The third-order valence-corrected chi connectivity index (χ3v) is 3.26. The predicted molar refractivity (Wildman–Crippen MR) is 53.0 cm³/mol. The van der Waals surface area contributed by atoms with Gasteiger partial charge in [-0.05, 0) is 31.7 Å². The van der Waals surface area contributed by atoms with Gasteiger partial charge in [0, 0.05) is 12.1 Å². The average molecular weight is 170 g/mol. The van der Waals surface area contributed by atoms with E-state index in [1.807, 2.05) is 0 Å². The second kappa shape index (κ2) is 3.75. The predicted octanol–water partition coefficient (Wildman–Crippen LogP) is 1.36. The van der Waals surface area contributed by atoms with Gasteiger partial charge < -0.3 is 11.1 Å². The van der Waals surface area contributed by atoms with E-state index in [1.54, 1.807) is 0 Å². The van der Waals surface area contributed by atoms with Crippen molar-refractivity contribution in [1.29, 1.82) is 0 Å². The van der Waals surface area contributed by atoms with Crippen LogP contribution in [0.3, 0.4) is 0 Å². The topological polar surface area (TPSA) is 38.0 Å². The van der Waals surface area contributed by atoms with Gasteiger partial charge >= 0.3 is 0 Å². The molecule has 0 radical (unpaired) electrons. The molecule has 0 aliphatic carbocycles.